The van der Waals surface area contributed by atoms with Gasteiger partial charge in [-0.1, -0.05) is 6.07 Å². The molecular weight excluding hydrogens is 598 g/mol. The van der Waals surface area contributed by atoms with Crippen molar-refractivity contribution in [1.82, 2.24) is 10.4 Å². The van der Waals surface area contributed by atoms with Crippen LogP contribution in [0.25, 0.3) is 11.3 Å². The minimum atomic E-state index is -2.95. The molecule has 0 radical (unpaired) electrons. The number of hydrogen-bond acceptors (Lipinski definition) is 7. The van der Waals surface area contributed by atoms with Gasteiger partial charge in [0.1, 0.15) is 36.2 Å². The van der Waals surface area contributed by atoms with Gasteiger partial charge in [0, 0.05) is 16.8 Å². The molecule has 0 saturated heterocycles. The summed E-state index contributed by atoms with van der Waals surface area (Å²) in [6.45, 7) is -4.84. The third-order valence-corrected chi connectivity index (χ3v) is 6.76. The van der Waals surface area contributed by atoms with Gasteiger partial charge in [-0.15, -0.1) is 0 Å². The first-order valence-corrected chi connectivity index (χ1v) is 13.7. The van der Waals surface area contributed by atoms with E-state index in [0.29, 0.717) is 53.2 Å². The summed E-state index contributed by atoms with van der Waals surface area (Å²) >= 11 is 0. The molecule has 2 heterocycles. The molecule has 2 aliphatic rings. The monoisotopic (exact) mass is 623 g/mol. The number of halogens is 4. The standard InChI is InChI=1S/C32H25F4N3O6/c33-30(34)44-24-6-1-19(2-7-24)29-26(20-3-14-27-28(17-20)42-16-15-41-27)18-39(38-29)32(40)37-21-4-8-22(9-5-21)43-23-10-12-25(13-11-23)45-31(35)36/h1-14,17,30-31,38H,15-16,18H2,(H,37,40). The molecule has 4 aromatic carbocycles. The van der Waals surface area contributed by atoms with Gasteiger partial charge in [-0.2, -0.15) is 17.6 Å². The number of anilines is 1. The normalized spacial score (nSPS) is 14.0. The number of alkyl halides is 4. The van der Waals surface area contributed by atoms with Crippen LogP contribution in [-0.4, -0.2) is 44.0 Å². The first-order valence-electron chi connectivity index (χ1n) is 13.7. The second kappa shape index (κ2) is 13.0. The fourth-order valence-electron chi connectivity index (χ4n) is 4.73. The molecule has 0 unspecified atom stereocenters. The van der Waals surface area contributed by atoms with Crippen molar-refractivity contribution in [2.45, 2.75) is 13.2 Å². The topological polar surface area (TPSA) is 90.5 Å². The molecule has 232 valence electrons. The van der Waals surface area contributed by atoms with Crippen LogP contribution in [0.1, 0.15) is 11.1 Å². The molecule has 0 saturated carbocycles. The van der Waals surface area contributed by atoms with Crippen molar-refractivity contribution in [2.24, 2.45) is 0 Å². The molecule has 9 nitrogen and oxygen atoms in total. The smallest absolute Gasteiger partial charge is 0.387 e. The van der Waals surface area contributed by atoms with E-state index in [1.807, 2.05) is 12.1 Å². The summed E-state index contributed by atoms with van der Waals surface area (Å²) < 4.78 is 76.0. The molecule has 0 atom stereocenters. The first kappa shape index (κ1) is 29.5. The lowest BCUT2D eigenvalue weighted by Crippen LogP contribution is -2.40. The van der Waals surface area contributed by atoms with Crippen LogP contribution in [0, 0.1) is 0 Å². The molecule has 4 aromatic rings. The van der Waals surface area contributed by atoms with Gasteiger partial charge < -0.3 is 29.0 Å². The Kier molecular flexibility index (Phi) is 8.49. The van der Waals surface area contributed by atoms with E-state index in [-0.39, 0.29) is 18.0 Å². The number of nitrogens with zero attached hydrogens (tertiary/aromatic N) is 1. The van der Waals surface area contributed by atoms with Crippen LogP contribution in [0.3, 0.4) is 0 Å². The maximum Gasteiger partial charge on any atom is 0.387 e. The van der Waals surface area contributed by atoms with Crippen molar-refractivity contribution in [2.75, 3.05) is 25.1 Å². The third kappa shape index (κ3) is 7.15. The number of benzene rings is 4. The Bertz CT molecular complexity index is 1680. The SMILES string of the molecule is O=C(Nc1ccc(Oc2ccc(OC(F)F)cc2)cc1)N1CC(c2ccc3c(c2)OCCO3)=C(c2ccc(OC(F)F)cc2)N1. The summed E-state index contributed by atoms with van der Waals surface area (Å²) in [6.07, 6.45) is 0. The van der Waals surface area contributed by atoms with Gasteiger partial charge in [-0.05, 0) is 90.5 Å². The summed E-state index contributed by atoms with van der Waals surface area (Å²) in [5.74, 6) is 2.08. The number of carbonyl (C=O) groups excluding carboxylic acids is 1. The number of hydrazine groups is 1. The second-order valence-corrected chi connectivity index (χ2v) is 9.72. The van der Waals surface area contributed by atoms with Crippen molar-refractivity contribution >= 4 is 23.0 Å². The predicted molar refractivity (Wildman–Crippen MR) is 156 cm³/mol. The number of fused-ring (bicyclic) bond motifs is 1. The highest BCUT2D eigenvalue weighted by atomic mass is 19.3. The lowest BCUT2D eigenvalue weighted by molar-refractivity contribution is -0.0505. The fourth-order valence-corrected chi connectivity index (χ4v) is 4.73. The van der Waals surface area contributed by atoms with Crippen LogP contribution in [0.5, 0.6) is 34.5 Å². The van der Waals surface area contributed by atoms with E-state index < -0.39 is 19.3 Å². The Morgan fingerprint density at radius 2 is 1.24 bits per heavy atom. The second-order valence-electron chi connectivity index (χ2n) is 9.72. The van der Waals surface area contributed by atoms with Crippen molar-refractivity contribution in [3.05, 3.63) is 102 Å². The van der Waals surface area contributed by atoms with Gasteiger partial charge in [0.05, 0.1) is 12.2 Å². The number of carbonyl (C=O) groups is 1. The highest BCUT2D eigenvalue weighted by molar-refractivity contribution is 5.98. The van der Waals surface area contributed by atoms with Gasteiger partial charge in [0.25, 0.3) is 0 Å². The van der Waals surface area contributed by atoms with Gasteiger partial charge in [0.15, 0.2) is 11.5 Å². The van der Waals surface area contributed by atoms with Crippen LogP contribution in [0.15, 0.2) is 91.0 Å². The van der Waals surface area contributed by atoms with Crippen molar-refractivity contribution in [3.63, 3.8) is 0 Å². The maximum absolute atomic E-state index is 13.3. The summed E-state index contributed by atoms with van der Waals surface area (Å²) in [4.78, 5) is 13.3. The lowest BCUT2D eigenvalue weighted by atomic mass is 10.00. The Balaban J connectivity index is 1.16. The highest BCUT2D eigenvalue weighted by Gasteiger charge is 2.29. The summed E-state index contributed by atoms with van der Waals surface area (Å²) in [6, 6.07) is 23.4. The molecule has 45 heavy (non-hydrogen) atoms. The number of amides is 2. The van der Waals surface area contributed by atoms with Crippen molar-refractivity contribution in [1.29, 1.82) is 0 Å². The largest absolute Gasteiger partial charge is 0.486 e. The van der Waals surface area contributed by atoms with Gasteiger partial charge in [-0.25, -0.2) is 9.80 Å². The van der Waals surface area contributed by atoms with E-state index in [4.69, 9.17) is 14.2 Å². The molecule has 0 bridgehead atoms. The van der Waals surface area contributed by atoms with Crippen LogP contribution in [0.2, 0.25) is 0 Å². The number of urea groups is 1. The van der Waals surface area contributed by atoms with Crippen molar-refractivity contribution < 1.29 is 46.0 Å². The molecule has 2 amide bonds. The van der Waals surface area contributed by atoms with Crippen LogP contribution < -0.4 is 34.4 Å². The molecule has 0 aromatic heterocycles. The maximum atomic E-state index is 13.3. The number of hydrogen-bond donors (Lipinski definition) is 2. The zero-order valence-electron chi connectivity index (χ0n) is 23.3. The van der Waals surface area contributed by atoms with Gasteiger partial charge in [0.2, 0.25) is 0 Å². The molecular formula is C32H25F4N3O6. The predicted octanol–water partition coefficient (Wildman–Crippen LogP) is 7.37. The average Bonchev–Trinajstić information content (AvgIpc) is 3.48. The molecule has 2 N–H and O–H groups in total. The Morgan fingerprint density at radius 1 is 0.711 bits per heavy atom. The number of ether oxygens (including phenoxy) is 5. The first-order chi connectivity index (χ1) is 21.8. The van der Waals surface area contributed by atoms with E-state index in [1.54, 1.807) is 42.5 Å². The zero-order chi connectivity index (χ0) is 31.3. The molecule has 2 aliphatic heterocycles. The number of rotatable bonds is 9. The summed E-state index contributed by atoms with van der Waals surface area (Å²) in [7, 11) is 0. The molecule has 0 fully saturated rings. The lowest BCUT2D eigenvalue weighted by Gasteiger charge is -2.20. The Hall–Kier alpha value is -5.59. The molecule has 0 spiro atoms. The fraction of sp³-hybridized carbons (Fsp3) is 0.156. The van der Waals surface area contributed by atoms with Gasteiger partial charge in [-0.3, -0.25) is 5.43 Å². The third-order valence-electron chi connectivity index (χ3n) is 6.76. The summed E-state index contributed by atoms with van der Waals surface area (Å²) in [5.41, 5.74) is 6.40. The molecule has 0 aliphatic carbocycles. The minimum absolute atomic E-state index is 0.00743. The minimum Gasteiger partial charge on any atom is -0.486 e. The number of nitrogens with one attached hydrogen (secondary N) is 2. The van der Waals surface area contributed by atoms with E-state index in [1.165, 1.54) is 41.4 Å². The van der Waals surface area contributed by atoms with E-state index in [0.717, 1.165) is 11.1 Å². The van der Waals surface area contributed by atoms with E-state index in [9.17, 15) is 22.4 Å². The van der Waals surface area contributed by atoms with Crippen LogP contribution >= 0.6 is 0 Å². The van der Waals surface area contributed by atoms with E-state index in [2.05, 4.69) is 20.2 Å². The molecule has 6 rings (SSSR count). The summed E-state index contributed by atoms with van der Waals surface area (Å²) in [5, 5.41) is 4.22. The zero-order valence-corrected chi connectivity index (χ0v) is 23.3. The van der Waals surface area contributed by atoms with E-state index >= 15 is 0 Å². The van der Waals surface area contributed by atoms with Crippen LogP contribution in [0.4, 0.5) is 28.0 Å². The molecule has 13 heteroatoms. The highest BCUT2D eigenvalue weighted by Crippen LogP contribution is 2.37. The quantitative estimate of drug-likeness (QED) is 0.188. The van der Waals surface area contributed by atoms with Gasteiger partial charge >= 0.3 is 19.3 Å². The average molecular weight is 624 g/mol. The van der Waals surface area contributed by atoms with Crippen molar-refractivity contribution in [3.8, 4) is 34.5 Å². The van der Waals surface area contributed by atoms with Crippen LogP contribution in [-0.2, 0) is 0 Å². The Labute approximate surface area is 254 Å². The Morgan fingerprint density at radius 3 is 1.87 bits per heavy atom.